The molecule has 1 aromatic carbocycles. The number of rotatable bonds is 3. The summed E-state index contributed by atoms with van der Waals surface area (Å²) in [7, 11) is 1.54. The maximum Gasteiger partial charge on any atom is 0.221 e. The molecule has 0 radical (unpaired) electrons. The van der Waals surface area contributed by atoms with E-state index >= 15 is 0 Å². The summed E-state index contributed by atoms with van der Waals surface area (Å²) < 4.78 is 5.04. The normalized spacial score (nSPS) is 9.62. The minimum atomic E-state index is -0.399. The SMILES string of the molecule is COc1ccc(N)cc1CC(N)=O. The molecule has 4 N–H and O–H groups in total. The van der Waals surface area contributed by atoms with Gasteiger partial charge in [0, 0.05) is 11.3 Å². The van der Waals surface area contributed by atoms with E-state index in [-0.39, 0.29) is 6.42 Å². The van der Waals surface area contributed by atoms with Gasteiger partial charge in [0.25, 0.3) is 0 Å². The monoisotopic (exact) mass is 180 g/mol. The molecule has 0 saturated carbocycles. The molecular weight excluding hydrogens is 168 g/mol. The fourth-order valence-electron chi connectivity index (χ4n) is 1.12. The van der Waals surface area contributed by atoms with Crippen molar-refractivity contribution in [3.05, 3.63) is 23.8 Å². The first-order valence-corrected chi connectivity index (χ1v) is 3.84. The molecule has 0 aliphatic heterocycles. The van der Waals surface area contributed by atoms with Gasteiger partial charge in [0.15, 0.2) is 0 Å². The van der Waals surface area contributed by atoms with Crippen LogP contribution < -0.4 is 16.2 Å². The standard InChI is InChI=1S/C9H12N2O2/c1-13-8-3-2-7(10)4-6(8)5-9(11)12/h2-4H,5,10H2,1H3,(H2,11,12). The molecule has 0 spiro atoms. The van der Waals surface area contributed by atoms with Crippen LogP contribution in [-0.4, -0.2) is 13.0 Å². The number of benzene rings is 1. The Labute approximate surface area is 76.5 Å². The third-order valence-corrected chi connectivity index (χ3v) is 1.67. The molecule has 0 aliphatic carbocycles. The van der Waals surface area contributed by atoms with E-state index in [2.05, 4.69) is 0 Å². The maximum atomic E-state index is 10.7. The molecule has 0 aromatic heterocycles. The summed E-state index contributed by atoms with van der Waals surface area (Å²) >= 11 is 0. The average Bonchev–Trinajstić information content (AvgIpc) is 2.03. The van der Waals surface area contributed by atoms with Crippen molar-refractivity contribution < 1.29 is 9.53 Å². The highest BCUT2D eigenvalue weighted by atomic mass is 16.5. The summed E-state index contributed by atoms with van der Waals surface area (Å²) in [5.74, 6) is 0.233. The predicted octanol–water partition coefficient (Wildman–Crippen LogP) is 0.305. The molecule has 13 heavy (non-hydrogen) atoms. The van der Waals surface area contributed by atoms with Crippen molar-refractivity contribution >= 4 is 11.6 Å². The molecular formula is C9H12N2O2. The lowest BCUT2D eigenvalue weighted by Gasteiger charge is -2.07. The van der Waals surface area contributed by atoms with Gasteiger partial charge in [0.1, 0.15) is 5.75 Å². The number of primary amides is 1. The number of carbonyl (C=O) groups is 1. The third kappa shape index (κ3) is 2.37. The number of amides is 1. The highest BCUT2D eigenvalue weighted by Crippen LogP contribution is 2.21. The molecule has 0 saturated heterocycles. The fraction of sp³-hybridized carbons (Fsp3) is 0.222. The molecule has 4 heteroatoms. The minimum Gasteiger partial charge on any atom is -0.496 e. The van der Waals surface area contributed by atoms with Crippen LogP contribution in [0.5, 0.6) is 5.75 Å². The van der Waals surface area contributed by atoms with Gasteiger partial charge in [-0.25, -0.2) is 0 Å². The van der Waals surface area contributed by atoms with Crippen molar-refractivity contribution in [2.75, 3.05) is 12.8 Å². The van der Waals surface area contributed by atoms with Gasteiger partial charge in [-0.2, -0.15) is 0 Å². The highest BCUT2D eigenvalue weighted by Gasteiger charge is 2.05. The largest absolute Gasteiger partial charge is 0.496 e. The van der Waals surface area contributed by atoms with Crippen LogP contribution in [-0.2, 0) is 11.2 Å². The van der Waals surface area contributed by atoms with Gasteiger partial charge in [-0.1, -0.05) is 0 Å². The summed E-state index contributed by atoms with van der Waals surface area (Å²) in [6.07, 6.45) is 0.147. The van der Waals surface area contributed by atoms with Crippen LogP contribution in [0.4, 0.5) is 5.69 Å². The number of hydrogen-bond donors (Lipinski definition) is 2. The van der Waals surface area contributed by atoms with E-state index < -0.39 is 5.91 Å². The fourth-order valence-corrected chi connectivity index (χ4v) is 1.12. The predicted molar refractivity (Wildman–Crippen MR) is 50.3 cm³/mol. The van der Waals surface area contributed by atoms with Gasteiger partial charge in [-0.05, 0) is 18.2 Å². The average molecular weight is 180 g/mol. The third-order valence-electron chi connectivity index (χ3n) is 1.67. The van der Waals surface area contributed by atoms with Crippen LogP contribution in [0.2, 0.25) is 0 Å². The number of hydrogen-bond acceptors (Lipinski definition) is 3. The molecule has 0 heterocycles. The quantitative estimate of drug-likeness (QED) is 0.657. The van der Waals surface area contributed by atoms with E-state index in [1.807, 2.05) is 0 Å². The van der Waals surface area contributed by atoms with Gasteiger partial charge in [0.2, 0.25) is 5.91 Å². The Morgan fingerprint density at radius 2 is 2.23 bits per heavy atom. The van der Waals surface area contributed by atoms with Crippen molar-refractivity contribution in [1.29, 1.82) is 0 Å². The lowest BCUT2D eigenvalue weighted by Crippen LogP contribution is -2.14. The molecule has 0 atom stereocenters. The van der Waals surface area contributed by atoms with Crippen LogP contribution >= 0.6 is 0 Å². The summed E-state index contributed by atoms with van der Waals surface area (Å²) in [5.41, 5.74) is 11.9. The second-order valence-corrected chi connectivity index (χ2v) is 2.71. The van der Waals surface area contributed by atoms with Gasteiger partial charge in [0.05, 0.1) is 13.5 Å². The lowest BCUT2D eigenvalue weighted by atomic mass is 10.1. The zero-order valence-electron chi connectivity index (χ0n) is 7.41. The topological polar surface area (TPSA) is 78.3 Å². The molecule has 1 aromatic rings. The van der Waals surface area contributed by atoms with E-state index in [9.17, 15) is 4.79 Å². The van der Waals surface area contributed by atoms with Gasteiger partial charge < -0.3 is 16.2 Å². The van der Waals surface area contributed by atoms with Crippen molar-refractivity contribution in [3.63, 3.8) is 0 Å². The summed E-state index contributed by atoms with van der Waals surface area (Å²) in [6, 6.07) is 5.11. The summed E-state index contributed by atoms with van der Waals surface area (Å²) in [6.45, 7) is 0. The molecule has 0 unspecified atom stereocenters. The Morgan fingerprint density at radius 3 is 2.77 bits per heavy atom. The van der Waals surface area contributed by atoms with Crippen LogP contribution in [0.25, 0.3) is 0 Å². The highest BCUT2D eigenvalue weighted by molar-refractivity contribution is 5.77. The Hall–Kier alpha value is -1.71. The number of ether oxygens (including phenoxy) is 1. The molecule has 70 valence electrons. The second-order valence-electron chi connectivity index (χ2n) is 2.71. The Morgan fingerprint density at radius 1 is 1.54 bits per heavy atom. The van der Waals surface area contributed by atoms with Gasteiger partial charge in [-0.15, -0.1) is 0 Å². The first kappa shape index (κ1) is 9.38. The van der Waals surface area contributed by atoms with E-state index in [4.69, 9.17) is 16.2 Å². The second kappa shape index (κ2) is 3.80. The molecule has 0 fully saturated rings. The zero-order chi connectivity index (χ0) is 9.84. The van der Waals surface area contributed by atoms with Crippen molar-refractivity contribution in [3.8, 4) is 5.75 Å². The number of anilines is 1. The van der Waals surface area contributed by atoms with Crippen molar-refractivity contribution in [1.82, 2.24) is 0 Å². The van der Waals surface area contributed by atoms with E-state index in [0.29, 0.717) is 11.4 Å². The molecule has 0 bridgehead atoms. The smallest absolute Gasteiger partial charge is 0.221 e. The van der Waals surface area contributed by atoms with Gasteiger partial charge >= 0.3 is 0 Å². The number of nitrogen functional groups attached to an aromatic ring is 1. The Kier molecular flexibility index (Phi) is 2.74. The van der Waals surface area contributed by atoms with Crippen LogP contribution in [0.1, 0.15) is 5.56 Å². The summed E-state index contributed by atoms with van der Waals surface area (Å²) in [5, 5.41) is 0. The van der Waals surface area contributed by atoms with Crippen LogP contribution in [0.3, 0.4) is 0 Å². The Balaban J connectivity index is 3.01. The minimum absolute atomic E-state index is 0.147. The number of methoxy groups -OCH3 is 1. The van der Waals surface area contributed by atoms with E-state index in [0.717, 1.165) is 5.56 Å². The number of nitrogens with two attached hydrogens (primary N) is 2. The lowest BCUT2D eigenvalue weighted by molar-refractivity contribution is -0.117. The Bertz CT molecular complexity index is 323. The molecule has 4 nitrogen and oxygen atoms in total. The first-order valence-electron chi connectivity index (χ1n) is 3.84. The molecule has 1 rings (SSSR count). The number of carbonyl (C=O) groups excluding carboxylic acids is 1. The molecule has 1 amide bonds. The van der Waals surface area contributed by atoms with E-state index in [1.165, 1.54) is 7.11 Å². The van der Waals surface area contributed by atoms with Crippen molar-refractivity contribution in [2.45, 2.75) is 6.42 Å². The zero-order valence-corrected chi connectivity index (χ0v) is 7.41. The van der Waals surface area contributed by atoms with Crippen LogP contribution in [0, 0.1) is 0 Å². The first-order chi connectivity index (χ1) is 6.13. The molecule has 0 aliphatic rings. The maximum absolute atomic E-state index is 10.7. The van der Waals surface area contributed by atoms with Gasteiger partial charge in [-0.3, -0.25) is 4.79 Å². The van der Waals surface area contributed by atoms with Crippen LogP contribution in [0.15, 0.2) is 18.2 Å². The summed E-state index contributed by atoms with van der Waals surface area (Å²) in [4.78, 5) is 10.7. The van der Waals surface area contributed by atoms with Crippen molar-refractivity contribution in [2.24, 2.45) is 5.73 Å². The van der Waals surface area contributed by atoms with E-state index in [1.54, 1.807) is 18.2 Å².